The first-order valence-electron chi connectivity index (χ1n) is 9.94. The fraction of sp³-hybridized carbons (Fsp3) is 0.667. The van der Waals surface area contributed by atoms with E-state index in [9.17, 15) is 9.18 Å². The number of piperidine rings is 1. The summed E-state index contributed by atoms with van der Waals surface area (Å²) in [6.45, 7) is 2.75. The third-order valence-electron chi connectivity index (χ3n) is 6.72. The second-order valence-electron chi connectivity index (χ2n) is 8.18. The van der Waals surface area contributed by atoms with Crippen molar-refractivity contribution in [2.24, 2.45) is 11.3 Å². The van der Waals surface area contributed by atoms with E-state index < -0.39 is 0 Å². The number of nitrogens with zero attached hydrogens (tertiary/aromatic N) is 1. The summed E-state index contributed by atoms with van der Waals surface area (Å²) in [7, 11) is 0. The van der Waals surface area contributed by atoms with Crippen LogP contribution in [0.5, 0.6) is 0 Å². The molecular weight excluding hydrogens is 315 g/mol. The normalized spacial score (nSPS) is 25.2. The van der Waals surface area contributed by atoms with E-state index >= 15 is 0 Å². The molecule has 2 aliphatic carbocycles. The van der Waals surface area contributed by atoms with Gasteiger partial charge in [-0.05, 0) is 68.7 Å². The first kappa shape index (κ1) is 17.0. The molecule has 0 bridgehead atoms. The van der Waals surface area contributed by atoms with Crippen LogP contribution in [0, 0.1) is 17.2 Å². The molecule has 1 aliphatic heterocycles. The van der Waals surface area contributed by atoms with Crippen molar-refractivity contribution in [3.05, 3.63) is 35.6 Å². The SMILES string of the molecule is O=C(C1CC12CCNCC2)N(CCc1ccccc1F)C1CCCC1. The molecule has 1 spiro atoms. The van der Waals surface area contributed by atoms with Crippen molar-refractivity contribution in [2.75, 3.05) is 19.6 Å². The number of halogens is 1. The number of carbonyl (C=O) groups is 1. The predicted octanol–water partition coefficient (Wildman–Crippen LogP) is 3.53. The summed E-state index contributed by atoms with van der Waals surface area (Å²) >= 11 is 0. The summed E-state index contributed by atoms with van der Waals surface area (Å²) in [5.41, 5.74) is 1.00. The summed E-state index contributed by atoms with van der Waals surface area (Å²) in [5, 5.41) is 3.41. The molecule has 0 aromatic heterocycles. The molecule has 1 heterocycles. The molecule has 0 radical (unpaired) electrons. The van der Waals surface area contributed by atoms with Gasteiger partial charge in [-0.25, -0.2) is 4.39 Å². The maximum Gasteiger partial charge on any atom is 0.226 e. The van der Waals surface area contributed by atoms with Crippen LogP contribution >= 0.6 is 0 Å². The minimum absolute atomic E-state index is 0.150. The number of carbonyl (C=O) groups excluding carboxylic acids is 1. The lowest BCUT2D eigenvalue weighted by Crippen LogP contribution is -2.43. The molecule has 1 aromatic rings. The largest absolute Gasteiger partial charge is 0.339 e. The second-order valence-corrected chi connectivity index (χ2v) is 8.18. The van der Waals surface area contributed by atoms with Crippen molar-refractivity contribution in [2.45, 2.75) is 57.4 Å². The van der Waals surface area contributed by atoms with E-state index in [1.54, 1.807) is 6.07 Å². The highest BCUT2D eigenvalue weighted by Gasteiger charge is 2.58. The molecule has 3 nitrogen and oxygen atoms in total. The molecular formula is C21H29FN2O. The monoisotopic (exact) mass is 344 g/mol. The summed E-state index contributed by atoms with van der Waals surface area (Å²) in [5.74, 6) is 0.420. The molecule has 1 unspecified atom stereocenters. The van der Waals surface area contributed by atoms with E-state index in [0.717, 1.165) is 50.8 Å². The quantitative estimate of drug-likeness (QED) is 0.886. The third kappa shape index (κ3) is 3.46. The van der Waals surface area contributed by atoms with Gasteiger partial charge in [0.2, 0.25) is 5.91 Å². The van der Waals surface area contributed by atoms with Gasteiger partial charge in [-0.15, -0.1) is 0 Å². The molecule has 3 aliphatic rings. The zero-order chi connectivity index (χ0) is 17.3. The Morgan fingerprint density at radius 2 is 1.92 bits per heavy atom. The maximum absolute atomic E-state index is 14.0. The van der Waals surface area contributed by atoms with Gasteiger partial charge >= 0.3 is 0 Å². The zero-order valence-corrected chi connectivity index (χ0v) is 15.0. The topological polar surface area (TPSA) is 32.3 Å². The fourth-order valence-corrected chi connectivity index (χ4v) is 5.00. The van der Waals surface area contributed by atoms with Crippen LogP contribution in [-0.4, -0.2) is 36.5 Å². The number of rotatable bonds is 5. The first-order valence-corrected chi connectivity index (χ1v) is 9.94. The van der Waals surface area contributed by atoms with Gasteiger partial charge in [-0.3, -0.25) is 4.79 Å². The van der Waals surface area contributed by atoms with Crippen molar-refractivity contribution >= 4 is 5.91 Å². The van der Waals surface area contributed by atoms with Gasteiger partial charge in [0.05, 0.1) is 0 Å². The smallest absolute Gasteiger partial charge is 0.226 e. The van der Waals surface area contributed by atoms with Crippen LogP contribution in [0.1, 0.15) is 50.5 Å². The van der Waals surface area contributed by atoms with Gasteiger partial charge in [-0.2, -0.15) is 0 Å². The minimum atomic E-state index is -0.150. The van der Waals surface area contributed by atoms with Crippen molar-refractivity contribution in [3.63, 3.8) is 0 Å². The predicted molar refractivity (Wildman–Crippen MR) is 96.7 cm³/mol. The lowest BCUT2D eigenvalue weighted by molar-refractivity contribution is -0.135. The summed E-state index contributed by atoms with van der Waals surface area (Å²) in [6, 6.07) is 7.34. The van der Waals surface area contributed by atoms with Crippen LogP contribution in [0.3, 0.4) is 0 Å². The summed E-state index contributed by atoms with van der Waals surface area (Å²) in [4.78, 5) is 15.4. The summed E-state index contributed by atoms with van der Waals surface area (Å²) in [6.07, 6.45) is 8.62. The van der Waals surface area contributed by atoms with E-state index in [0.29, 0.717) is 24.9 Å². The molecule has 1 aromatic carbocycles. The fourth-order valence-electron chi connectivity index (χ4n) is 5.00. The van der Waals surface area contributed by atoms with Crippen LogP contribution in [0.4, 0.5) is 4.39 Å². The second kappa shape index (κ2) is 7.06. The molecule has 4 rings (SSSR count). The number of benzene rings is 1. The number of hydrogen-bond donors (Lipinski definition) is 1. The Balaban J connectivity index is 1.45. The standard InChI is InChI=1S/C21H29FN2O/c22-19-8-4-1-5-16(19)9-14-24(17-6-2-3-7-17)20(25)18-15-21(18)10-12-23-13-11-21/h1,4-5,8,17-18,23H,2-3,6-7,9-15H2. The Labute approximate surface area is 150 Å². The molecule has 2 saturated carbocycles. The van der Waals surface area contributed by atoms with E-state index in [1.807, 2.05) is 12.1 Å². The van der Waals surface area contributed by atoms with Gasteiger partial charge in [0.15, 0.2) is 0 Å². The van der Waals surface area contributed by atoms with Crippen LogP contribution in [0.25, 0.3) is 0 Å². The lowest BCUT2D eigenvalue weighted by atomic mass is 9.91. The highest BCUT2D eigenvalue weighted by atomic mass is 19.1. The Morgan fingerprint density at radius 3 is 2.64 bits per heavy atom. The van der Waals surface area contributed by atoms with Crippen LogP contribution in [0.15, 0.2) is 24.3 Å². The first-order chi connectivity index (χ1) is 12.2. The molecule has 1 amide bonds. The minimum Gasteiger partial charge on any atom is -0.339 e. The molecule has 1 atom stereocenters. The average molecular weight is 344 g/mol. The lowest BCUT2D eigenvalue weighted by Gasteiger charge is -2.31. The van der Waals surface area contributed by atoms with Crippen molar-refractivity contribution < 1.29 is 9.18 Å². The van der Waals surface area contributed by atoms with Gasteiger partial charge in [-0.1, -0.05) is 31.0 Å². The average Bonchev–Trinajstić information content (AvgIpc) is 3.06. The van der Waals surface area contributed by atoms with Crippen LogP contribution < -0.4 is 5.32 Å². The molecule has 1 N–H and O–H groups in total. The Kier molecular flexibility index (Phi) is 4.81. The van der Waals surface area contributed by atoms with Gasteiger partial charge in [0.1, 0.15) is 5.82 Å². The highest BCUT2D eigenvalue weighted by molar-refractivity contribution is 5.83. The molecule has 1 saturated heterocycles. The van der Waals surface area contributed by atoms with Gasteiger partial charge < -0.3 is 10.2 Å². The van der Waals surface area contributed by atoms with Crippen LogP contribution in [0.2, 0.25) is 0 Å². The van der Waals surface area contributed by atoms with Gasteiger partial charge in [0, 0.05) is 18.5 Å². The van der Waals surface area contributed by atoms with E-state index in [4.69, 9.17) is 0 Å². The number of amides is 1. The molecule has 25 heavy (non-hydrogen) atoms. The number of hydrogen-bond acceptors (Lipinski definition) is 2. The Bertz CT molecular complexity index is 620. The van der Waals surface area contributed by atoms with Crippen molar-refractivity contribution in [3.8, 4) is 0 Å². The van der Waals surface area contributed by atoms with Crippen molar-refractivity contribution in [1.82, 2.24) is 10.2 Å². The maximum atomic E-state index is 14.0. The molecule has 3 fully saturated rings. The van der Waals surface area contributed by atoms with Gasteiger partial charge in [0.25, 0.3) is 0 Å². The van der Waals surface area contributed by atoms with E-state index in [-0.39, 0.29) is 17.2 Å². The third-order valence-corrected chi connectivity index (χ3v) is 6.72. The van der Waals surface area contributed by atoms with E-state index in [2.05, 4.69) is 10.2 Å². The zero-order valence-electron chi connectivity index (χ0n) is 15.0. The Hall–Kier alpha value is -1.42. The number of nitrogens with one attached hydrogen (secondary N) is 1. The molecule has 136 valence electrons. The highest BCUT2D eigenvalue weighted by Crippen LogP contribution is 2.59. The van der Waals surface area contributed by atoms with Crippen molar-refractivity contribution in [1.29, 1.82) is 0 Å². The summed E-state index contributed by atoms with van der Waals surface area (Å²) < 4.78 is 14.0. The Morgan fingerprint density at radius 1 is 1.20 bits per heavy atom. The van der Waals surface area contributed by atoms with Crippen LogP contribution in [-0.2, 0) is 11.2 Å². The molecule has 4 heteroatoms. The van der Waals surface area contributed by atoms with E-state index in [1.165, 1.54) is 18.9 Å².